The smallest absolute Gasteiger partial charge is 0.310 e. The van der Waals surface area contributed by atoms with Crippen molar-refractivity contribution in [1.82, 2.24) is 0 Å². The number of benzene rings is 2. The number of hydrogen-bond donors (Lipinski definition) is 2. The molecule has 0 saturated carbocycles. The number of carboxylic acids is 1. The zero-order valence-corrected chi connectivity index (χ0v) is 14.2. The van der Waals surface area contributed by atoms with Crippen LogP contribution in [-0.4, -0.2) is 17.0 Å². The van der Waals surface area contributed by atoms with Crippen LogP contribution >= 0.6 is 0 Å². The molecule has 0 bridgehead atoms. The highest BCUT2D eigenvalue weighted by atomic mass is 16.4. The van der Waals surface area contributed by atoms with E-state index in [4.69, 9.17) is 5.11 Å². The summed E-state index contributed by atoms with van der Waals surface area (Å²) in [5, 5.41) is 12.0. The van der Waals surface area contributed by atoms with Crippen molar-refractivity contribution in [2.75, 3.05) is 5.32 Å². The van der Waals surface area contributed by atoms with Crippen molar-refractivity contribution in [3.8, 4) is 0 Å². The first kappa shape index (κ1) is 17.7. The lowest BCUT2D eigenvalue weighted by Gasteiger charge is -2.21. The molecular formula is C20H23NO3. The van der Waals surface area contributed by atoms with E-state index in [9.17, 15) is 9.59 Å². The summed E-state index contributed by atoms with van der Waals surface area (Å²) in [5.74, 6) is -1.56. The number of rotatable bonds is 6. The number of carboxylic acid groups (broad SMARTS) is 1. The highest BCUT2D eigenvalue weighted by Crippen LogP contribution is 2.26. The van der Waals surface area contributed by atoms with Crippen molar-refractivity contribution in [3.05, 3.63) is 65.7 Å². The SMILES string of the molecule is CC(C(=O)O)c1ccc(NC(=O)C(c2ccccc2)C(C)C)cc1. The molecule has 0 aliphatic carbocycles. The van der Waals surface area contributed by atoms with Crippen LogP contribution in [0.2, 0.25) is 0 Å². The van der Waals surface area contributed by atoms with Crippen molar-refractivity contribution < 1.29 is 14.7 Å². The maximum Gasteiger partial charge on any atom is 0.310 e. The van der Waals surface area contributed by atoms with Gasteiger partial charge in [0.05, 0.1) is 11.8 Å². The van der Waals surface area contributed by atoms with E-state index in [2.05, 4.69) is 5.32 Å². The molecule has 2 N–H and O–H groups in total. The standard InChI is InChI=1S/C20H23NO3/c1-13(2)18(16-7-5-4-6-8-16)19(22)21-17-11-9-15(10-12-17)14(3)20(23)24/h4-14,18H,1-3H3,(H,21,22)(H,23,24). The summed E-state index contributed by atoms with van der Waals surface area (Å²) in [5.41, 5.74) is 2.37. The Morgan fingerprint density at radius 3 is 1.96 bits per heavy atom. The third kappa shape index (κ3) is 4.22. The van der Waals surface area contributed by atoms with Crippen LogP contribution in [0.4, 0.5) is 5.69 Å². The molecule has 0 aliphatic rings. The van der Waals surface area contributed by atoms with Crippen LogP contribution in [-0.2, 0) is 9.59 Å². The van der Waals surface area contributed by atoms with Gasteiger partial charge in [-0.15, -0.1) is 0 Å². The van der Waals surface area contributed by atoms with Gasteiger partial charge in [0, 0.05) is 5.69 Å². The predicted molar refractivity (Wildman–Crippen MR) is 95.1 cm³/mol. The number of nitrogens with one attached hydrogen (secondary N) is 1. The topological polar surface area (TPSA) is 66.4 Å². The molecule has 0 saturated heterocycles. The Bertz CT molecular complexity index is 693. The van der Waals surface area contributed by atoms with Crippen LogP contribution in [0.3, 0.4) is 0 Å². The van der Waals surface area contributed by atoms with Gasteiger partial charge in [-0.3, -0.25) is 9.59 Å². The summed E-state index contributed by atoms with van der Waals surface area (Å²) in [7, 11) is 0. The van der Waals surface area contributed by atoms with Gasteiger partial charge in [-0.2, -0.15) is 0 Å². The minimum Gasteiger partial charge on any atom is -0.481 e. The van der Waals surface area contributed by atoms with Crippen molar-refractivity contribution in [2.24, 2.45) is 5.92 Å². The van der Waals surface area contributed by atoms with E-state index < -0.39 is 11.9 Å². The Balaban J connectivity index is 2.14. The van der Waals surface area contributed by atoms with Crippen LogP contribution in [0, 0.1) is 5.92 Å². The average Bonchev–Trinajstić information content (AvgIpc) is 2.55. The van der Waals surface area contributed by atoms with Crippen LogP contribution in [0.15, 0.2) is 54.6 Å². The van der Waals surface area contributed by atoms with E-state index >= 15 is 0 Å². The van der Waals surface area contributed by atoms with E-state index in [1.54, 1.807) is 31.2 Å². The van der Waals surface area contributed by atoms with Gasteiger partial charge in [0.25, 0.3) is 0 Å². The number of anilines is 1. The molecular weight excluding hydrogens is 302 g/mol. The van der Waals surface area contributed by atoms with Gasteiger partial charge in [0.15, 0.2) is 0 Å². The third-order valence-corrected chi connectivity index (χ3v) is 4.16. The molecule has 0 aromatic heterocycles. The lowest BCUT2D eigenvalue weighted by atomic mass is 9.87. The first-order valence-electron chi connectivity index (χ1n) is 8.08. The normalized spacial score (nSPS) is 13.3. The first-order valence-corrected chi connectivity index (χ1v) is 8.08. The largest absolute Gasteiger partial charge is 0.481 e. The predicted octanol–water partition coefficient (Wildman–Crippen LogP) is 4.25. The van der Waals surface area contributed by atoms with Gasteiger partial charge in [-0.1, -0.05) is 56.3 Å². The van der Waals surface area contributed by atoms with Gasteiger partial charge in [-0.25, -0.2) is 0 Å². The molecule has 126 valence electrons. The highest BCUT2D eigenvalue weighted by Gasteiger charge is 2.24. The highest BCUT2D eigenvalue weighted by molar-refractivity contribution is 5.96. The fourth-order valence-electron chi connectivity index (χ4n) is 2.72. The molecule has 0 radical (unpaired) electrons. The van der Waals surface area contributed by atoms with E-state index in [0.717, 1.165) is 5.56 Å². The molecule has 2 aromatic carbocycles. The summed E-state index contributed by atoms with van der Waals surface area (Å²) < 4.78 is 0. The summed E-state index contributed by atoms with van der Waals surface area (Å²) in [4.78, 5) is 23.7. The maximum atomic E-state index is 12.7. The molecule has 2 atom stereocenters. The zero-order valence-electron chi connectivity index (χ0n) is 14.2. The number of amides is 1. The Kier molecular flexibility index (Phi) is 5.74. The van der Waals surface area contributed by atoms with Gasteiger partial charge < -0.3 is 10.4 Å². The molecule has 2 rings (SSSR count). The average molecular weight is 325 g/mol. The number of aliphatic carboxylic acids is 1. The fraction of sp³-hybridized carbons (Fsp3) is 0.300. The minimum absolute atomic E-state index is 0.0600. The van der Waals surface area contributed by atoms with Crippen molar-refractivity contribution in [3.63, 3.8) is 0 Å². The molecule has 4 heteroatoms. The van der Waals surface area contributed by atoms with E-state index in [0.29, 0.717) is 11.3 Å². The van der Waals surface area contributed by atoms with Crippen LogP contribution in [0.1, 0.15) is 43.7 Å². The molecule has 0 fully saturated rings. The summed E-state index contributed by atoms with van der Waals surface area (Å²) in [6.45, 7) is 5.68. The Labute approximate surface area is 142 Å². The van der Waals surface area contributed by atoms with E-state index in [-0.39, 0.29) is 17.7 Å². The fourth-order valence-corrected chi connectivity index (χ4v) is 2.72. The van der Waals surface area contributed by atoms with E-state index in [1.165, 1.54) is 0 Å². The Morgan fingerprint density at radius 2 is 1.46 bits per heavy atom. The first-order chi connectivity index (χ1) is 11.4. The Hall–Kier alpha value is -2.62. The van der Waals surface area contributed by atoms with Crippen molar-refractivity contribution in [1.29, 1.82) is 0 Å². The molecule has 0 spiro atoms. The van der Waals surface area contributed by atoms with E-state index in [1.807, 2.05) is 44.2 Å². The lowest BCUT2D eigenvalue weighted by Crippen LogP contribution is -2.25. The van der Waals surface area contributed by atoms with Crippen LogP contribution in [0.25, 0.3) is 0 Å². The second-order valence-corrected chi connectivity index (χ2v) is 6.30. The van der Waals surface area contributed by atoms with Crippen LogP contribution < -0.4 is 5.32 Å². The lowest BCUT2D eigenvalue weighted by molar-refractivity contribution is -0.138. The maximum absolute atomic E-state index is 12.7. The number of carbonyl (C=O) groups excluding carboxylic acids is 1. The summed E-state index contributed by atoms with van der Waals surface area (Å²) >= 11 is 0. The number of carbonyl (C=O) groups is 2. The monoisotopic (exact) mass is 325 g/mol. The molecule has 0 heterocycles. The number of hydrogen-bond acceptors (Lipinski definition) is 2. The van der Waals surface area contributed by atoms with Crippen molar-refractivity contribution >= 4 is 17.6 Å². The third-order valence-electron chi connectivity index (χ3n) is 4.16. The van der Waals surface area contributed by atoms with Crippen molar-refractivity contribution in [2.45, 2.75) is 32.6 Å². The molecule has 4 nitrogen and oxygen atoms in total. The Morgan fingerprint density at radius 1 is 0.875 bits per heavy atom. The van der Waals surface area contributed by atoms with Gasteiger partial charge in [0.2, 0.25) is 5.91 Å². The zero-order chi connectivity index (χ0) is 17.7. The minimum atomic E-state index is -0.865. The molecule has 24 heavy (non-hydrogen) atoms. The molecule has 2 aromatic rings. The van der Waals surface area contributed by atoms with Gasteiger partial charge in [-0.05, 0) is 36.1 Å². The van der Waals surface area contributed by atoms with Crippen LogP contribution in [0.5, 0.6) is 0 Å². The molecule has 2 unspecified atom stereocenters. The molecule has 0 aliphatic heterocycles. The molecule has 1 amide bonds. The summed E-state index contributed by atoms with van der Waals surface area (Å²) in [6, 6.07) is 16.7. The second-order valence-electron chi connectivity index (χ2n) is 6.30. The van der Waals surface area contributed by atoms with Gasteiger partial charge in [0.1, 0.15) is 0 Å². The summed E-state index contributed by atoms with van der Waals surface area (Å²) in [6.07, 6.45) is 0. The van der Waals surface area contributed by atoms with Gasteiger partial charge >= 0.3 is 5.97 Å². The second kappa shape index (κ2) is 7.77. The quantitative estimate of drug-likeness (QED) is 0.834.